The summed E-state index contributed by atoms with van der Waals surface area (Å²) in [6, 6.07) is 8.36. The van der Waals surface area contributed by atoms with E-state index in [0.29, 0.717) is 6.04 Å². The van der Waals surface area contributed by atoms with Gasteiger partial charge in [0.25, 0.3) is 0 Å². The Labute approximate surface area is 131 Å². The van der Waals surface area contributed by atoms with Crippen LogP contribution in [0.5, 0.6) is 0 Å². The number of halogens is 1. The normalized spacial score (nSPS) is 22.1. The van der Waals surface area contributed by atoms with E-state index in [-0.39, 0.29) is 5.92 Å². The molecule has 1 fully saturated rings. The summed E-state index contributed by atoms with van der Waals surface area (Å²) >= 11 is 3.49. The highest BCUT2D eigenvalue weighted by molar-refractivity contribution is 9.10. The van der Waals surface area contributed by atoms with E-state index in [9.17, 15) is 4.79 Å². The lowest BCUT2D eigenvalue weighted by molar-refractivity contribution is -0.142. The van der Waals surface area contributed by atoms with Crippen molar-refractivity contribution < 1.29 is 9.90 Å². The number of nitrogens with zero attached hydrogens (tertiary/aromatic N) is 1. The third-order valence-electron chi connectivity index (χ3n) is 4.14. The average Bonchev–Trinajstić information content (AvgIpc) is 2.48. The van der Waals surface area contributed by atoms with Crippen LogP contribution in [0.4, 0.5) is 5.69 Å². The zero-order valence-corrected chi connectivity index (χ0v) is 13.1. The van der Waals surface area contributed by atoms with Gasteiger partial charge in [0.05, 0.1) is 11.4 Å². The number of fused-ring (bicyclic) bond motifs is 1. The van der Waals surface area contributed by atoms with Gasteiger partial charge in [-0.2, -0.15) is 0 Å². The van der Waals surface area contributed by atoms with Crippen molar-refractivity contribution in [2.45, 2.75) is 31.7 Å². The second-order valence-electron chi connectivity index (χ2n) is 5.55. The zero-order valence-electron chi connectivity index (χ0n) is 11.6. The Morgan fingerprint density at radius 3 is 2.71 bits per heavy atom. The first kappa shape index (κ1) is 14.3. The molecule has 0 amide bonds. The van der Waals surface area contributed by atoms with Gasteiger partial charge in [0.15, 0.2) is 0 Å². The molecule has 21 heavy (non-hydrogen) atoms. The minimum atomic E-state index is -0.660. The summed E-state index contributed by atoms with van der Waals surface area (Å²) < 4.78 is 1.03. The van der Waals surface area contributed by atoms with Crippen molar-refractivity contribution in [2.75, 3.05) is 5.32 Å². The van der Waals surface area contributed by atoms with E-state index in [1.807, 2.05) is 18.2 Å². The fraction of sp³-hybridized carbons (Fsp3) is 0.375. The molecule has 0 radical (unpaired) electrons. The summed E-state index contributed by atoms with van der Waals surface area (Å²) in [6.45, 7) is 0. The smallest absolute Gasteiger partial charge is 0.306 e. The van der Waals surface area contributed by atoms with E-state index in [4.69, 9.17) is 5.11 Å². The fourth-order valence-electron chi connectivity index (χ4n) is 2.95. The van der Waals surface area contributed by atoms with Crippen LogP contribution in [0.2, 0.25) is 0 Å². The van der Waals surface area contributed by atoms with Crippen LogP contribution in [0.3, 0.4) is 0 Å². The van der Waals surface area contributed by atoms with Crippen LogP contribution in [0.25, 0.3) is 10.9 Å². The summed E-state index contributed by atoms with van der Waals surface area (Å²) in [7, 11) is 0. The van der Waals surface area contributed by atoms with E-state index in [1.165, 1.54) is 0 Å². The molecule has 0 saturated heterocycles. The number of benzene rings is 1. The minimum Gasteiger partial charge on any atom is -0.481 e. The van der Waals surface area contributed by atoms with E-state index >= 15 is 0 Å². The standard InChI is InChI=1S/C16H17BrN2O2/c17-11-3-6-14-13(9-11)15(7-8-18-14)19-12-4-1-10(2-5-12)16(20)21/h3,6-10,12H,1-2,4-5H2,(H,18,19)(H,20,21). The predicted octanol–water partition coefficient (Wildman–Crippen LogP) is 4.05. The van der Waals surface area contributed by atoms with Crippen molar-refractivity contribution in [3.05, 3.63) is 34.9 Å². The lowest BCUT2D eigenvalue weighted by atomic mass is 9.86. The van der Waals surface area contributed by atoms with Crippen LogP contribution in [-0.4, -0.2) is 22.1 Å². The zero-order chi connectivity index (χ0) is 14.8. The van der Waals surface area contributed by atoms with Gasteiger partial charge in [0.2, 0.25) is 0 Å². The summed E-state index contributed by atoms with van der Waals surface area (Å²) in [5.74, 6) is -0.835. The molecule has 5 heteroatoms. The maximum Gasteiger partial charge on any atom is 0.306 e. The molecule has 0 aliphatic heterocycles. The van der Waals surface area contributed by atoms with Gasteiger partial charge in [0.1, 0.15) is 0 Å². The number of nitrogens with one attached hydrogen (secondary N) is 1. The van der Waals surface area contributed by atoms with Crippen LogP contribution in [0.15, 0.2) is 34.9 Å². The Morgan fingerprint density at radius 2 is 2.00 bits per heavy atom. The Morgan fingerprint density at radius 1 is 1.24 bits per heavy atom. The van der Waals surface area contributed by atoms with Gasteiger partial charge >= 0.3 is 5.97 Å². The van der Waals surface area contributed by atoms with Crippen molar-refractivity contribution in [2.24, 2.45) is 5.92 Å². The van der Waals surface area contributed by atoms with Gasteiger partial charge in [-0.05, 0) is 49.9 Å². The average molecular weight is 349 g/mol. The Hall–Kier alpha value is -1.62. The largest absolute Gasteiger partial charge is 0.481 e. The van der Waals surface area contributed by atoms with Crippen LogP contribution in [-0.2, 0) is 4.79 Å². The number of carbonyl (C=O) groups is 1. The van der Waals surface area contributed by atoms with Crippen molar-refractivity contribution in [1.29, 1.82) is 0 Å². The third kappa shape index (κ3) is 3.18. The molecule has 3 rings (SSSR count). The number of pyridine rings is 1. The monoisotopic (exact) mass is 348 g/mol. The van der Waals surface area contributed by atoms with Gasteiger partial charge in [0, 0.05) is 27.8 Å². The first-order valence-electron chi connectivity index (χ1n) is 7.17. The molecule has 1 aromatic heterocycles. The number of aliphatic carboxylic acids is 1. The summed E-state index contributed by atoms with van der Waals surface area (Å²) in [5, 5.41) is 13.7. The van der Waals surface area contributed by atoms with Crippen LogP contribution >= 0.6 is 15.9 Å². The molecular weight excluding hydrogens is 332 g/mol. The van der Waals surface area contributed by atoms with Crippen LogP contribution in [0, 0.1) is 5.92 Å². The molecule has 110 valence electrons. The van der Waals surface area contributed by atoms with Crippen LogP contribution in [0.1, 0.15) is 25.7 Å². The first-order chi connectivity index (χ1) is 10.1. The molecule has 1 heterocycles. The second-order valence-corrected chi connectivity index (χ2v) is 6.47. The summed E-state index contributed by atoms with van der Waals surface area (Å²) in [6.07, 6.45) is 5.10. The molecule has 0 bridgehead atoms. The van der Waals surface area contributed by atoms with E-state index in [1.54, 1.807) is 6.20 Å². The molecule has 0 unspecified atom stereocenters. The number of carboxylic acids is 1. The molecule has 2 N–H and O–H groups in total. The lowest BCUT2D eigenvalue weighted by Crippen LogP contribution is -2.29. The minimum absolute atomic E-state index is 0.175. The van der Waals surface area contributed by atoms with E-state index < -0.39 is 5.97 Å². The van der Waals surface area contributed by atoms with Crippen molar-refractivity contribution in [3.8, 4) is 0 Å². The Bertz CT molecular complexity index is 666. The Kier molecular flexibility index (Phi) is 4.10. The number of rotatable bonds is 3. The second kappa shape index (κ2) is 6.02. The highest BCUT2D eigenvalue weighted by atomic mass is 79.9. The number of anilines is 1. The summed E-state index contributed by atoms with van der Waals surface area (Å²) in [5.41, 5.74) is 2.03. The number of hydrogen-bond donors (Lipinski definition) is 2. The van der Waals surface area contributed by atoms with E-state index in [0.717, 1.165) is 46.7 Å². The molecule has 2 aromatic rings. The SMILES string of the molecule is O=C(O)C1CCC(Nc2ccnc3ccc(Br)cc23)CC1. The fourth-order valence-corrected chi connectivity index (χ4v) is 3.31. The van der Waals surface area contributed by atoms with Gasteiger partial charge in [-0.15, -0.1) is 0 Å². The third-order valence-corrected chi connectivity index (χ3v) is 4.63. The van der Waals surface area contributed by atoms with Crippen LogP contribution < -0.4 is 5.32 Å². The van der Waals surface area contributed by atoms with Gasteiger partial charge in [-0.25, -0.2) is 0 Å². The maximum atomic E-state index is 11.0. The molecule has 1 aliphatic carbocycles. The molecule has 1 saturated carbocycles. The van der Waals surface area contributed by atoms with Gasteiger partial charge in [-0.1, -0.05) is 15.9 Å². The highest BCUT2D eigenvalue weighted by Crippen LogP contribution is 2.30. The molecule has 4 nitrogen and oxygen atoms in total. The Balaban J connectivity index is 1.77. The van der Waals surface area contributed by atoms with E-state index in [2.05, 4.69) is 32.3 Å². The quantitative estimate of drug-likeness (QED) is 0.878. The number of carboxylic acid groups (broad SMARTS) is 1. The predicted molar refractivity (Wildman–Crippen MR) is 86.4 cm³/mol. The summed E-state index contributed by atoms with van der Waals surface area (Å²) in [4.78, 5) is 15.4. The van der Waals surface area contributed by atoms with Crippen molar-refractivity contribution in [1.82, 2.24) is 4.98 Å². The molecule has 1 aromatic carbocycles. The molecule has 1 aliphatic rings. The molecular formula is C16H17BrN2O2. The van der Waals surface area contributed by atoms with Crippen molar-refractivity contribution in [3.63, 3.8) is 0 Å². The number of aromatic nitrogens is 1. The number of hydrogen-bond acceptors (Lipinski definition) is 3. The van der Waals surface area contributed by atoms with Crippen molar-refractivity contribution >= 4 is 38.5 Å². The maximum absolute atomic E-state index is 11.0. The molecule has 0 spiro atoms. The highest BCUT2D eigenvalue weighted by Gasteiger charge is 2.25. The molecule has 0 atom stereocenters. The van der Waals surface area contributed by atoms with Gasteiger partial charge < -0.3 is 10.4 Å². The topological polar surface area (TPSA) is 62.2 Å². The lowest BCUT2D eigenvalue weighted by Gasteiger charge is -2.28. The first-order valence-corrected chi connectivity index (χ1v) is 7.96. The van der Waals surface area contributed by atoms with Gasteiger partial charge in [-0.3, -0.25) is 9.78 Å².